The number of hydrogen-bond acceptors (Lipinski definition) is 4. The van der Waals surface area contributed by atoms with Gasteiger partial charge < -0.3 is 0 Å². The van der Waals surface area contributed by atoms with Crippen molar-refractivity contribution in [1.29, 1.82) is 0 Å². The van der Waals surface area contributed by atoms with Gasteiger partial charge in [0.1, 0.15) is 0 Å². The zero-order valence-electron chi connectivity index (χ0n) is 58.1. The molecule has 4 heteroatoms. The minimum atomic E-state index is 1.16. The number of benzene rings is 20. The molecule has 4 heterocycles. The first-order chi connectivity index (χ1) is 53.5. The Morgan fingerprint density at radius 1 is 0.139 bits per heavy atom. The number of fused-ring (bicyclic) bond motifs is 23. The van der Waals surface area contributed by atoms with Crippen LogP contribution in [-0.2, 0) is 0 Å². The first kappa shape index (κ1) is 60.6. The monoisotopic (exact) mass is 1430 g/mol. The van der Waals surface area contributed by atoms with E-state index in [0.29, 0.717) is 0 Å². The molecule has 20 aromatic carbocycles. The molecule has 0 bridgehead atoms. The zero-order chi connectivity index (χ0) is 70.4. The third-order valence-corrected chi connectivity index (χ3v) is 28.0. The number of rotatable bonds is 7. The Balaban J connectivity index is 0.796. The van der Waals surface area contributed by atoms with Gasteiger partial charge in [-0.15, -0.1) is 45.3 Å². The van der Waals surface area contributed by atoms with Gasteiger partial charge in [0, 0.05) is 86.3 Å². The first-order valence-electron chi connectivity index (χ1n) is 37.1. The predicted octanol–water partition coefficient (Wildman–Crippen LogP) is 32.1. The molecule has 0 fully saturated rings. The van der Waals surface area contributed by atoms with Crippen LogP contribution in [0.2, 0.25) is 0 Å². The molecule has 0 saturated carbocycles. The van der Waals surface area contributed by atoms with Crippen molar-refractivity contribution in [2.24, 2.45) is 0 Å². The Morgan fingerprint density at radius 2 is 0.528 bits per heavy atom. The topological polar surface area (TPSA) is 0 Å². The Kier molecular flexibility index (Phi) is 13.1. The summed E-state index contributed by atoms with van der Waals surface area (Å²) < 4.78 is 10.5. The maximum Gasteiger partial charge on any atom is 0.0454 e. The summed E-state index contributed by atoms with van der Waals surface area (Å²) in [6.07, 6.45) is 0. The van der Waals surface area contributed by atoms with E-state index in [9.17, 15) is 0 Å². The molecule has 24 rings (SSSR count). The van der Waals surface area contributed by atoms with Gasteiger partial charge in [-0.05, 0) is 231 Å². The molecule has 0 N–H and O–H groups in total. The Bertz CT molecular complexity index is 8040. The lowest BCUT2D eigenvalue weighted by Crippen LogP contribution is -1.94. The second kappa shape index (κ2) is 23.4. The summed E-state index contributed by atoms with van der Waals surface area (Å²) in [6, 6.07) is 134. The van der Waals surface area contributed by atoms with E-state index in [0.717, 1.165) is 11.1 Å². The summed E-state index contributed by atoms with van der Waals surface area (Å²) in [5.74, 6) is 0. The van der Waals surface area contributed by atoms with Gasteiger partial charge in [0.2, 0.25) is 0 Å². The van der Waals surface area contributed by atoms with Crippen LogP contribution in [0.25, 0.3) is 245 Å². The Labute approximate surface area is 636 Å². The quantitative estimate of drug-likeness (QED) is 0.140. The van der Waals surface area contributed by atoms with Gasteiger partial charge in [-0.2, -0.15) is 0 Å². The minimum absolute atomic E-state index is 1.16. The molecule has 0 amide bonds. The Hall–Kier alpha value is -12.6. The Morgan fingerprint density at radius 3 is 1.12 bits per heavy atom. The summed E-state index contributed by atoms with van der Waals surface area (Å²) in [5.41, 5.74) is 17.1. The fourth-order valence-electron chi connectivity index (χ4n) is 18.4. The van der Waals surface area contributed by atoms with Crippen LogP contribution in [0.5, 0.6) is 0 Å². The second-order valence-electron chi connectivity index (χ2n) is 29.2. The molecular formula is C104H58S4. The van der Waals surface area contributed by atoms with E-state index in [-0.39, 0.29) is 0 Å². The molecule has 108 heavy (non-hydrogen) atoms. The van der Waals surface area contributed by atoms with Crippen molar-refractivity contribution in [2.45, 2.75) is 0 Å². The molecule has 0 radical (unpaired) electrons. The van der Waals surface area contributed by atoms with Gasteiger partial charge in [-0.3, -0.25) is 0 Å². The van der Waals surface area contributed by atoms with Gasteiger partial charge in [-0.25, -0.2) is 0 Å². The maximum absolute atomic E-state index is 2.57. The van der Waals surface area contributed by atoms with Crippen LogP contribution in [0, 0.1) is 0 Å². The molecule has 24 aromatic rings. The van der Waals surface area contributed by atoms with Gasteiger partial charge in [0.05, 0.1) is 0 Å². The predicted molar refractivity (Wildman–Crippen MR) is 476 cm³/mol. The van der Waals surface area contributed by atoms with Crippen LogP contribution in [0.4, 0.5) is 0 Å². The lowest BCUT2D eigenvalue weighted by molar-refractivity contribution is 1.64. The zero-order valence-corrected chi connectivity index (χ0v) is 61.4. The molecule has 0 aliphatic heterocycles. The molecule has 0 nitrogen and oxygen atoms in total. The molecule has 0 aliphatic carbocycles. The molecule has 0 aliphatic rings. The van der Waals surface area contributed by atoms with E-state index in [2.05, 4.69) is 352 Å². The van der Waals surface area contributed by atoms with Crippen molar-refractivity contribution >= 4 is 212 Å². The van der Waals surface area contributed by atoms with E-state index in [4.69, 9.17) is 0 Å². The number of hydrogen-bond donors (Lipinski definition) is 0. The smallest absolute Gasteiger partial charge is 0.0454 e. The highest BCUT2D eigenvalue weighted by atomic mass is 32.1. The van der Waals surface area contributed by atoms with E-state index < -0.39 is 0 Å². The van der Waals surface area contributed by atoms with Crippen molar-refractivity contribution in [3.8, 4) is 77.9 Å². The molecule has 0 atom stereocenters. The lowest BCUT2D eigenvalue weighted by Gasteiger charge is -2.21. The summed E-state index contributed by atoms with van der Waals surface area (Å²) >= 11 is 7.77. The third kappa shape index (κ3) is 9.07. The highest BCUT2D eigenvalue weighted by Gasteiger charge is 2.28. The highest BCUT2D eigenvalue weighted by molar-refractivity contribution is 7.30. The van der Waals surface area contributed by atoms with Crippen molar-refractivity contribution in [3.63, 3.8) is 0 Å². The fraction of sp³-hybridized carbons (Fsp3) is 0. The average Bonchev–Trinajstić information content (AvgIpc) is 0.840. The second-order valence-corrected chi connectivity index (χ2v) is 33.4. The van der Waals surface area contributed by atoms with Crippen molar-refractivity contribution in [2.75, 3.05) is 0 Å². The lowest BCUT2D eigenvalue weighted by atomic mass is 9.82. The van der Waals surface area contributed by atoms with Crippen LogP contribution in [-0.4, -0.2) is 0 Å². The van der Waals surface area contributed by atoms with Gasteiger partial charge >= 0.3 is 0 Å². The average molecular weight is 1440 g/mol. The van der Waals surface area contributed by atoms with E-state index >= 15 is 0 Å². The van der Waals surface area contributed by atoms with Crippen LogP contribution in [0.15, 0.2) is 352 Å². The molecular weight excluding hydrogens is 1380 g/mol. The van der Waals surface area contributed by atoms with Crippen LogP contribution < -0.4 is 0 Å². The van der Waals surface area contributed by atoms with E-state index in [1.54, 1.807) is 0 Å². The van der Waals surface area contributed by atoms with Gasteiger partial charge in [-0.1, -0.05) is 279 Å². The van der Waals surface area contributed by atoms with Crippen LogP contribution in [0.1, 0.15) is 0 Å². The fourth-order valence-corrected chi connectivity index (χ4v) is 23.5. The normalized spacial score (nSPS) is 12.3. The van der Waals surface area contributed by atoms with Crippen molar-refractivity contribution in [3.05, 3.63) is 352 Å². The molecule has 4 aromatic heterocycles. The van der Waals surface area contributed by atoms with Crippen LogP contribution in [0.3, 0.4) is 0 Å². The summed E-state index contributed by atoms with van der Waals surface area (Å²) in [5, 5.41) is 30.4. The van der Waals surface area contributed by atoms with E-state index in [1.807, 2.05) is 45.3 Å². The van der Waals surface area contributed by atoms with Gasteiger partial charge in [0.15, 0.2) is 0 Å². The molecule has 0 unspecified atom stereocenters. The number of thiophene rings is 4. The third-order valence-electron chi connectivity index (χ3n) is 23.3. The highest BCUT2D eigenvalue weighted by Crippen LogP contribution is 2.57. The van der Waals surface area contributed by atoms with E-state index in [1.165, 1.54) is 234 Å². The summed E-state index contributed by atoms with van der Waals surface area (Å²) in [7, 11) is 0. The van der Waals surface area contributed by atoms with Gasteiger partial charge in [0.25, 0.3) is 0 Å². The minimum Gasteiger partial charge on any atom is -0.135 e. The van der Waals surface area contributed by atoms with Crippen molar-refractivity contribution < 1.29 is 0 Å². The van der Waals surface area contributed by atoms with Crippen LogP contribution >= 0.6 is 45.3 Å². The molecule has 0 saturated heterocycles. The molecule has 0 spiro atoms. The first-order valence-corrected chi connectivity index (χ1v) is 40.3. The molecule has 498 valence electrons. The summed E-state index contributed by atoms with van der Waals surface area (Å²) in [6.45, 7) is 0. The maximum atomic E-state index is 2.57. The summed E-state index contributed by atoms with van der Waals surface area (Å²) in [4.78, 5) is 0. The largest absolute Gasteiger partial charge is 0.135 e. The van der Waals surface area contributed by atoms with Crippen molar-refractivity contribution in [1.82, 2.24) is 0 Å². The standard InChI is InChI=1S/C104H58S4/c1-3-19-59(20-4-1)64-35-37-68-51-72(41-39-66(68)49-64)94-75-27-11-13-29-77(75)96(87-57-93-100(104-98(87)81-31-15-18-34-90(81)107-104)86-55-62-24-7-8-25-63(62)56-91(86)106-93)79-46-44-70(53-84(79)94)71-45-47-80-85(54-71)95(73-42-40-67-50-65(36-38-69(67)52-73)60-21-5-2-6-22-60)76-28-12-14-30-78(76)97(80)88-58-92-99(82-32-16-17-33-89(82)105-92)101-83-48-43-61-23-9-10-26-74(61)102(83)108-103(88)101/h1-58H. The SMILES string of the molecule is c1ccc(-c2ccc3cc(-c4c5ccccc5c(-c5cc6sc7ccccc7c6c6c5sc5c7ccccc7ccc56)c5ccc(-c6ccc7c(-c8cc9sc%10cc%11ccccc%11cc%10c9c9sc%10ccccc%10c89)c8ccccc8c(-c8ccc9cc(-c%10ccccc%10)ccc9c8)c7c6)cc45)ccc3c2)cc1.